The molecule has 0 amide bonds. The van der Waals surface area contributed by atoms with Crippen LogP contribution in [0.4, 0.5) is 0 Å². The molecule has 0 unspecified atom stereocenters. The van der Waals surface area contributed by atoms with Crippen molar-refractivity contribution < 1.29 is 4.74 Å². The average Bonchev–Trinajstić information content (AvgIpc) is 3.51. The van der Waals surface area contributed by atoms with Crippen LogP contribution in [0, 0.1) is 0 Å². The summed E-state index contributed by atoms with van der Waals surface area (Å²) in [6.45, 7) is 1.61. The van der Waals surface area contributed by atoms with Gasteiger partial charge in [0.1, 0.15) is 0 Å². The second kappa shape index (κ2) is 7.93. The maximum Gasteiger partial charge on any atom is 0.170 e. The van der Waals surface area contributed by atoms with Gasteiger partial charge in [0.05, 0.1) is 23.9 Å². The van der Waals surface area contributed by atoms with Crippen molar-refractivity contribution in [2.75, 3.05) is 13.2 Å². The van der Waals surface area contributed by atoms with Crippen LogP contribution in [0.25, 0.3) is 5.69 Å². The summed E-state index contributed by atoms with van der Waals surface area (Å²) in [4.78, 5) is 11.1. The molecule has 148 valence electrons. The number of hydrogen-bond donors (Lipinski definition) is 1. The highest BCUT2D eigenvalue weighted by Crippen LogP contribution is 2.40. The van der Waals surface area contributed by atoms with Crippen LogP contribution in [-0.4, -0.2) is 43.8 Å². The molecule has 5 heterocycles. The highest BCUT2D eigenvalue weighted by atomic mass is 32.1. The SMILES string of the molecule is S=C1N[C@H](c2ccccn2)[C@H](c2cccn2-c2ccncc2)N1C[C@H]1CCCO1. The van der Waals surface area contributed by atoms with Gasteiger partial charge in [0.2, 0.25) is 0 Å². The zero-order chi connectivity index (χ0) is 19.6. The number of nitrogens with zero attached hydrogens (tertiary/aromatic N) is 4. The van der Waals surface area contributed by atoms with Crippen molar-refractivity contribution >= 4 is 17.3 Å². The number of aromatic nitrogens is 3. The van der Waals surface area contributed by atoms with Crippen molar-refractivity contribution in [1.82, 2.24) is 24.8 Å². The monoisotopic (exact) mass is 405 g/mol. The minimum absolute atomic E-state index is 0.0183. The van der Waals surface area contributed by atoms with Crippen molar-refractivity contribution in [3.63, 3.8) is 0 Å². The Bertz CT molecular complexity index is 971. The Morgan fingerprint density at radius 1 is 1.10 bits per heavy atom. The molecule has 0 radical (unpaired) electrons. The van der Waals surface area contributed by atoms with E-state index in [4.69, 9.17) is 17.0 Å². The molecule has 0 bridgehead atoms. The molecule has 2 aliphatic rings. The molecule has 3 aromatic rings. The van der Waals surface area contributed by atoms with Gasteiger partial charge in [-0.2, -0.15) is 0 Å². The van der Waals surface area contributed by atoms with Crippen molar-refractivity contribution in [2.45, 2.75) is 31.0 Å². The molecule has 7 heteroatoms. The van der Waals surface area contributed by atoms with E-state index in [2.05, 4.69) is 49.1 Å². The number of ether oxygens (including phenoxy) is 1. The molecule has 5 rings (SSSR count). The van der Waals surface area contributed by atoms with Gasteiger partial charge in [-0.05, 0) is 61.5 Å². The van der Waals surface area contributed by atoms with Crippen molar-refractivity contribution in [3.05, 3.63) is 78.6 Å². The molecule has 29 heavy (non-hydrogen) atoms. The summed E-state index contributed by atoms with van der Waals surface area (Å²) in [7, 11) is 0. The standard InChI is InChI=1S/C22H23N5OS/c29-22-25-20(18-6-1-2-10-24-18)21(27(22)15-17-5-4-14-28-17)19-7-3-13-26(19)16-8-11-23-12-9-16/h1-3,6-13,17,20-21H,4-5,14-15H2,(H,25,29)/t17-,20-,21+/m1/s1. The number of nitrogens with one attached hydrogen (secondary N) is 1. The first-order chi connectivity index (χ1) is 14.3. The third-order valence-electron chi connectivity index (χ3n) is 5.65. The minimum atomic E-state index is -0.0272. The normalized spacial score (nSPS) is 24.1. The minimum Gasteiger partial charge on any atom is -0.376 e. The molecule has 2 fully saturated rings. The van der Waals surface area contributed by atoms with Crippen LogP contribution in [0.15, 0.2) is 67.3 Å². The lowest BCUT2D eigenvalue weighted by molar-refractivity contribution is 0.0836. The van der Waals surface area contributed by atoms with Gasteiger partial charge in [-0.15, -0.1) is 0 Å². The number of pyridine rings is 2. The second-order valence-corrected chi connectivity index (χ2v) is 7.81. The Kier molecular flexibility index (Phi) is 4.99. The zero-order valence-corrected chi connectivity index (χ0v) is 16.8. The quantitative estimate of drug-likeness (QED) is 0.657. The van der Waals surface area contributed by atoms with Gasteiger partial charge in [0, 0.05) is 49.3 Å². The molecular weight excluding hydrogens is 382 g/mol. The van der Waals surface area contributed by atoms with Gasteiger partial charge in [-0.25, -0.2) is 0 Å². The molecule has 0 saturated carbocycles. The summed E-state index contributed by atoms with van der Waals surface area (Å²) >= 11 is 5.78. The van der Waals surface area contributed by atoms with Crippen molar-refractivity contribution in [3.8, 4) is 5.69 Å². The average molecular weight is 406 g/mol. The molecule has 2 saturated heterocycles. The van der Waals surface area contributed by atoms with Gasteiger partial charge in [0.15, 0.2) is 5.11 Å². The van der Waals surface area contributed by atoms with Gasteiger partial charge >= 0.3 is 0 Å². The van der Waals surface area contributed by atoms with E-state index in [1.165, 1.54) is 0 Å². The number of hydrogen-bond acceptors (Lipinski definition) is 4. The Balaban J connectivity index is 1.57. The number of thiocarbonyl (C=S) groups is 1. The van der Waals surface area contributed by atoms with Crippen LogP contribution in [0.2, 0.25) is 0 Å². The third kappa shape index (κ3) is 3.52. The van der Waals surface area contributed by atoms with E-state index in [0.29, 0.717) is 0 Å². The first-order valence-corrected chi connectivity index (χ1v) is 10.4. The third-order valence-corrected chi connectivity index (χ3v) is 6.00. The smallest absolute Gasteiger partial charge is 0.170 e. The lowest BCUT2D eigenvalue weighted by atomic mass is 10.0. The van der Waals surface area contributed by atoms with Gasteiger partial charge in [0.25, 0.3) is 0 Å². The number of rotatable bonds is 5. The fourth-order valence-electron chi connectivity index (χ4n) is 4.31. The van der Waals surface area contributed by atoms with E-state index in [0.717, 1.165) is 48.2 Å². The van der Waals surface area contributed by atoms with Gasteiger partial charge < -0.3 is 19.5 Å². The molecule has 3 atom stereocenters. The summed E-state index contributed by atoms with van der Waals surface area (Å²) in [5.74, 6) is 0. The first-order valence-electron chi connectivity index (χ1n) is 9.98. The van der Waals surface area contributed by atoms with Gasteiger partial charge in [-0.3, -0.25) is 9.97 Å². The van der Waals surface area contributed by atoms with E-state index >= 15 is 0 Å². The summed E-state index contributed by atoms with van der Waals surface area (Å²) in [6.07, 6.45) is 9.96. The zero-order valence-electron chi connectivity index (χ0n) is 16.0. The van der Waals surface area contributed by atoms with E-state index in [1.807, 2.05) is 42.9 Å². The maximum absolute atomic E-state index is 5.92. The Morgan fingerprint density at radius 2 is 2.00 bits per heavy atom. The van der Waals surface area contributed by atoms with Crippen molar-refractivity contribution in [2.24, 2.45) is 0 Å². The van der Waals surface area contributed by atoms with E-state index < -0.39 is 0 Å². The van der Waals surface area contributed by atoms with E-state index in [9.17, 15) is 0 Å². The molecule has 3 aromatic heterocycles. The summed E-state index contributed by atoms with van der Waals surface area (Å²) in [6, 6.07) is 14.3. The molecule has 1 N–H and O–H groups in total. The maximum atomic E-state index is 5.92. The largest absolute Gasteiger partial charge is 0.376 e. The summed E-state index contributed by atoms with van der Waals surface area (Å²) in [5.41, 5.74) is 3.23. The summed E-state index contributed by atoms with van der Waals surface area (Å²) < 4.78 is 8.13. The predicted molar refractivity (Wildman–Crippen MR) is 115 cm³/mol. The van der Waals surface area contributed by atoms with Crippen LogP contribution in [-0.2, 0) is 4.74 Å². The molecule has 0 spiro atoms. The molecule has 2 aliphatic heterocycles. The molecular formula is C22H23N5OS. The van der Waals surface area contributed by atoms with Crippen LogP contribution >= 0.6 is 12.2 Å². The highest BCUT2D eigenvalue weighted by Gasteiger charge is 2.42. The summed E-state index contributed by atoms with van der Waals surface area (Å²) in [5, 5.41) is 4.28. The second-order valence-electron chi connectivity index (χ2n) is 7.42. The van der Waals surface area contributed by atoms with Gasteiger partial charge in [-0.1, -0.05) is 6.07 Å². The van der Waals surface area contributed by atoms with E-state index in [-0.39, 0.29) is 18.2 Å². The lowest BCUT2D eigenvalue weighted by Crippen LogP contribution is -2.36. The first kappa shape index (κ1) is 18.3. The van der Waals surface area contributed by atoms with E-state index in [1.54, 1.807) is 0 Å². The topological polar surface area (TPSA) is 55.2 Å². The molecule has 6 nitrogen and oxygen atoms in total. The Hall–Kier alpha value is -2.77. The van der Waals surface area contributed by atoms with Crippen LogP contribution in [0.5, 0.6) is 0 Å². The molecule has 0 aromatic carbocycles. The Morgan fingerprint density at radius 3 is 2.76 bits per heavy atom. The van der Waals surface area contributed by atoms with Crippen molar-refractivity contribution in [1.29, 1.82) is 0 Å². The lowest BCUT2D eigenvalue weighted by Gasteiger charge is -2.30. The Labute approximate surface area is 175 Å². The van der Waals surface area contributed by atoms with Crippen LogP contribution in [0.1, 0.15) is 36.3 Å². The van der Waals surface area contributed by atoms with Crippen LogP contribution < -0.4 is 5.32 Å². The predicted octanol–water partition coefficient (Wildman–Crippen LogP) is 3.42. The molecule has 0 aliphatic carbocycles. The highest BCUT2D eigenvalue weighted by molar-refractivity contribution is 7.80. The fourth-order valence-corrected chi connectivity index (χ4v) is 4.62. The van der Waals surface area contributed by atoms with Crippen LogP contribution in [0.3, 0.4) is 0 Å². The fraction of sp³-hybridized carbons (Fsp3) is 0.318.